The Balaban J connectivity index is 0.000000893. The van der Waals surface area contributed by atoms with Crippen LogP contribution in [0.5, 0.6) is 0 Å². The summed E-state index contributed by atoms with van der Waals surface area (Å²) in [5, 5.41) is 16.3. The maximum absolute atomic E-state index is 12.9. The number of carbonyl (C=O) groups excluding carboxylic acids is 3. The lowest BCUT2D eigenvalue weighted by atomic mass is 10.0. The lowest BCUT2D eigenvalue weighted by Gasteiger charge is -2.31. The summed E-state index contributed by atoms with van der Waals surface area (Å²) < 4.78 is 10.6. The number of pyridine rings is 2. The molecule has 0 radical (unpaired) electrons. The van der Waals surface area contributed by atoms with E-state index in [2.05, 4.69) is 15.3 Å². The van der Waals surface area contributed by atoms with Crippen molar-refractivity contribution in [3.8, 4) is 0 Å². The summed E-state index contributed by atoms with van der Waals surface area (Å²) in [6.45, 7) is 18.5. The number of fused-ring (bicyclic) bond motifs is 2. The largest absolute Gasteiger partial charge is 0.480 e. The van der Waals surface area contributed by atoms with Gasteiger partial charge in [0.15, 0.2) is 0 Å². The minimum absolute atomic E-state index is 0. The van der Waals surface area contributed by atoms with Crippen LogP contribution in [-0.2, 0) is 19.1 Å². The number of carboxylic acids is 1. The average molecular weight is 829 g/mol. The summed E-state index contributed by atoms with van der Waals surface area (Å²) in [4.78, 5) is 58.8. The first-order valence-electron chi connectivity index (χ1n) is 18.4. The number of hydrogen-bond acceptors (Lipinski definition) is 9. The van der Waals surface area contributed by atoms with Crippen LogP contribution in [0.4, 0.5) is 21.0 Å². The van der Waals surface area contributed by atoms with Crippen LogP contribution in [0.15, 0.2) is 73.3 Å². The van der Waals surface area contributed by atoms with Crippen LogP contribution in [0.2, 0.25) is 0 Å². The van der Waals surface area contributed by atoms with E-state index < -0.39 is 41.4 Å². The monoisotopic (exact) mass is 828 g/mol. The molecule has 57 heavy (non-hydrogen) atoms. The third-order valence-electron chi connectivity index (χ3n) is 7.85. The van der Waals surface area contributed by atoms with Crippen LogP contribution in [0.25, 0.3) is 21.5 Å². The quantitative estimate of drug-likeness (QED) is 0.138. The molecule has 0 saturated heterocycles. The fourth-order valence-corrected chi connectivity index (χ4v) is 5.17. The zero-order valence-electron chi connectivity index (χ0n) is 35.4. The molecule has 4 aromatic rings. The molecule has 316 valence electrons. The molecule has 13 nitrogen and oxygen atoms in total. The number of carboxylic acid groups (broad SMARTS) is 1. The molecule has 0 fully saturated rings. The SMILES string of the molecule is CC(C)C[C@@H](C(=O)Nc1ccc2ccncc2c1)N(C)C(=O)OC(C)(C)C.CC(C)C[C@@H](C(=O)O)N(C)C(=O)OC(C)(C)C.Nc1ccc2ccncc2c1.S.S. The Morgan fingerprint density at radius 3 is 1.54 bits per heavy atom. The van der Waals surface area contributed by atoms with Gasteiger partial charge in [0, 0.05) is 61.0 Å². The first-order valence-corrected chi connectivity index (χ1v) is 18.4. The number of ether oxygens (including phenoxy) is 2. The molecule has 4 N–H and O–H groups in total. The second-order valence-corrected chi connectivity index (χ2v) is 16.2. The van der Waals surface area contributed by atoms with Crippen molar-refractivity contribution in [2.24, 2.45) is 11.8 Å². The summed E-state index contributed by atoms with van der Waals surface area (Å²) in [5.74, 6) is -0.806. The molecule has 0 aliphatic heterocycles. The number of likely N-dealkylation sites (N-methyl/N-ethyl adjacent to an activating group) is 2. The van der Waals surface area contributed by atoms with Crippen molar-refractivity contribution in [2.45, 2.75) is 105 Å². The predicted octanol–water partition coefficient (Wildman–Crippen LogP) is 8.85. The van der Waals surface area contributed by atoms with Gasteiger partial charge in [0.1, 0.15) is 23.3 Å². The number of nitrogens with two attached hydrogens (primary N) is 1. The lowest BCUT2D eigenvalue weighted by molar-refractivity contribution is -0.143. The molecule has 2 atom stereocenters. The summed E-state index contributed by atoms with van der Waals surface area (Å²) in [6, 6.07) is 13.9. The van der Waals surface area contributed by atoms with E-state index in [4.69, 9.17) is 20.3 Å². The van der Waals surface area contributed by atoms with E-state index in [0.717, 1.165) is 26.7 Å². The van der Waals surface area contributed by atoms with Crippen LogP contribution in [0.1, 0.15) is 82.1 Å². The van der Waals surface area contributed by atoms with Crippen molar-refractivity contribution >= 4 is 84.0 Å². The molecular formula is C42H64N6O7S2. The van der Waals surface area contributed by atoms with Crippen molar-refractivity contribution in [3.05, 3.63) is 73.3 Å². The van der Waals surface area contributed by atoms with Crippen molar-refractivity contribution in [3.63, 3.8) is 0 Å². The van der Waals surface area contributed by atoms with E-state index in [1.807, 2.05) is 82.4 Å². The summed E-state index contributed by atoms with van der Waals surface area (Å²) in [7, 11) is 3.06. The average Bonchev–Trinajstić information content (AvgIpc) is 3.07. The Kier molecular flexibility index (Phi) is 21.5. The Bertz CT molecular complexity index is 1900. The van der Waals surface area contributed by atoms with Crippen LogP contribution in [-0.4, -0.2) is 86.3 Å². The normalized spacial score (nSPS) is 12.0. The summed E-state index contributed by atoms with van der Waals surface area (Å²) in [5.41, 5.74) is 5.82. The number of benzene rings is 2. The van der Waals surface area contributed by atoms with Gasteiger partial charge < -0.3 is 25.6 Å². The van der Waals surface area contributed by atoms with Gasteiger partial charge >= 0.3 is 18.2 Å². The van der Waals surface area contributed by atoms with Crippen molar-refractivity contribution in [1.82, 2.24) is 19.8 Å². The zero-order chi connectivity index (χ0) is 41.7. The Morgan fingerprint density at radius 1 is 0.684 bits per heavy atom. The van der Waals surface area contributed by atoms with Gasteiger partial charge in [0.25, 0.3) is 0 Å². The highest BCUT2D eigenvalue weighted by atomic mass is 32.1. The van der Waals surface area contributed by atoms with Gasteiger partial charge in [-0.15, -0.1) is 0 Å². The molecule has 0 unspecified atom stereocenters. The van der Waals surface area contributed by atoms with E-state index in [1.165, 1.54) is 17.3 Å². The number of aliphatic carboxylic acids is 1. The third-order valence-corrected chi connectivity index (χ3v) is 7.85. The van der Waals surface area contributed by atoms with Crippen molar-refractivity contribution in [2.75, 3.05) is 25.1 Å². The molecule has 4 rings (SSSR count). The molecule has 2 heterocycles. The maximum Gasteiger partial charge on any atom is 0.410 e. The topological polar surface area (TPSA) is 177 Å². The lowest BCUT2D eigenvalue weighted by Crippen LogP contribution is -2.47. The van der Waals surface area contributed by atoms with Crippen molar-refractivity contribution < 1.29 is 33.8 Å². The second kappa shape index (κ2) is 23.5. The smallest absolute Gasteiger partial charge is 0.410 e. The Hall–Kier alpha value is -4.76. The summed E-state index contributed by atoms with van der Waals surface area (Å²) in [6.07, 6.45) is 6.90. The fraction of sp³-hybridized carbons (Fsp3) is 0.476. The second-order valence-electron chi connectivity index (χ2n) is 16.2. The molecular weight excluding hydrogens is 765 g/mol. The number of anilines is 2. The van der Waals surface area contributed by atoms with E-state index in [-0.39, 0.29) is 44.7 Å². The van der Waals surface area contributed by atoms with Gasteiger partial charge in [-0.25, -0.2) is 14.4 Å². The van der Waals surface area contributed by atoms with Gasteiger partial charge in [-0.1, -0.05) is 39.8 Å². The molecule has 2 aromatic carbocycles. The van der Waals surface area contributed by atoms with Gasteiger partial charge in [-0.05, 0) is 113 Å². The van der Waals surface area contributed by atoms with Crippen molar-refractivity contribution in [1.29, 1.82) is 0 Å². The number of carbonyl (C=O) groups is 4. The van der Waals surface area contributed by atoms with Crippen LogP contribution in [0, 0.1) is 11.8 Å². The van der Waals surface area contributed by atoms with Crippen LogP contribution >= 0.6 is 27.0 Å². The molecule has 15 heteroatoms. The van der Waals surface area contributed by atoms with E-state index in [1.54, 1.807) is 67.2 Å². The minimum atomic E-state index is -1.01. The number of nitrogens with zero attached hydrogens (tertiary/aromatic N) is 4. The number of amides is 3. The minimum Gasteiger partial charge on any atom is -0.480 e. The van der Waals surface area contributed by atoms with E-state index in [9.17, 15) is 19.2 Å². The van der Waals surface area contributed by atoms with Gasteiger partial charge in [-0.3, -0.25) is 24.6 Å². The number of nitrogen functional groups attached to an aromatic ring is 1. The molecule has 3 amide bonds. The number of hydrogen-bond donors (Lipinski definition) is 3. The number of rotatable bonds is 9. The number of nitrogens with one attached hydrogen (secondary N) is 1. The van der Waals surface area contributed by atoms with Crippen LogP contribution in [0.3, 0.4) is 0 Å². The fourth-order valence-electron chi connectivity index (χ4n) is 5.17. The van der Waals surface area contributed by atoms with Gasteiger partial charge in [-0.2, -0.15) is 27.0 Å². The van der Waals surface area contributed by atoms with Crippen LogP contribution < -0.4 is 11.1 Å². The van der Waals surface area contributed by atoms with Gasteiger partial charge in [0.05, 0.1) is 0 Å². The molecule has 0 saturated carbocycles. The maximum atomic E-state index is 12.9. The highest BCUT2D eigenvalue weighted by molar-refractivity contribution is 7.59. The molecule has 0 spiro atoms. The Morgan fingerprint density at radius 2 is 1.11 bits per heavy atom. The summed E-state index contributed by atoms with van der Waals surface area (Å²) >= 11 is 0. The standard InChI is InChI=1S/C21H29N3O3.C12H23NO4.C9H8N2.2H2S/c1-14(2)11-18(24(6)20(26)27-21(3,4)5)19(25)23-17-8-7-15-9-10-22-13-16(15)12-17;1-8(2)7-9(10(14)15)13(6)11(16)17-12(3,4)5;10-9-2-1-7-3-4-11-6-8(7)5-9;;/h7-10,12-14,18H,11H2,1-6H3,(H,23,25);8-9H,7H2,1-6H3,(H,14,15);1-6H,10H2;2*1H2/t18-;9-;;;/m00.../s1. The highest BCUT2D eigenvalue weighted by Gasteiger charge is 2.32. The number of aromatic nitrogens is 2. The first kappa shape index (κ1) is 52.2. The highest BCUT2D eigenvalue weighted by Crippen LogP contribution is 2.21. The van der Waals surface area contributed by atoms with E-state index in [0.29, 0.717) is 18.5 Å². The molecule has 0 aliphatic rings. The Labute approximate surface area is 352 Å². The zero-order valence-corrected chi connectivity index (χ0v) is 37.4. The van der Waals surface area contributed by atoms with Gasteiger partial charge in [0.2, 0.25) is 5.91 Å². The molecule has 0 bridgehead atoms. The molecule has 2 aromatic heterocycles. The first-order chi connectivity index (χ1) is 25.5. The predicted molar refractivity (Wildman–Crippen MR) is 239 cm³/mol. The van der Waals surface area contributed by atoms with E-state index >= 15 is 0 Å². The molecule has 0 aliphatic carbocycles. The third kappa shape index (κ3) is 18.8.